The van der Waals surface area contributed by atoms with Crippen molar-refractivity contribution < 1.29 is 19.4 Å². The summed E-state index contributed by atoms with van der Waals surface area (Å²) < 4.78 is 6.56. The molecule has 1 fully saturated rings. The van der Waals surface area contributed by atoms with Crippen LogP contribution in [0.15, 0.2) is 34.7 Å². The van der Waals surface area contributed by atoms with E-state index >= 15 is 0 Å². The maximum Gasteiger partial charge on any atom is 0.323 e. The van der Waals surface area contributed by atoms with E-state index < -0.39 is 5.97 Å². The van der Waals surface area contributed by atoms with Crippen LogP contribution < -0.4 is 5.32 Å². The van der Waals surface area contributed by atoms with Gasteiger partial charge in [0.05, 0.1) is 41.0 Å². The molecular weight excluding hydrogens is 460 g/mol. The van der Waals surface area contributed by atoms with Crippen LogP contribution in [0.4, 0.5) is 9.93 Å². The Morgan fingerprint density at radius 2 is 2.09 bits per heavy atom. The summed E-state index contributed by atoms with van der Waals surface area (Å²) in [7, 11) is 0. The van der Waals surface area contributed by atoms with Gasteiger partial charge in [0.2, 0.25) is 0 Å². The fourth-order valence-corrected chi connectivity index (χ4v) is 5.37. The molecule has 10 heteroatoms. The van der Waals surface area contributed by atoms with Gasteiger partial charge in [0.25, 0.3) is 0 Å². The van der Waals surface area contributed by atoms with E-state index in [0.717, 1.165) is 35.5 Å². The van der Waals surface area contributed by atoms with Gasteiger partial charge in [-0.3, -0.25) is 10.1 Å². The molecule has 2 amide bonds. The monoisotopic (exact) mass is 488 g/mol. The highest BCUT2D eigenvalue weighted by molar-refractivity contribution is 8.01. The highest BCUT2D eigenvalue weighted by atomic mass is 32.2. The number of rotatable bonds is 10. The molecular formula is C23H28N4O4S2. The van der Waals surface area contributed by atoms with Crippen molar-refractivity contribution >= 4 is 40.2 Å². The third-order valence-corrected chi connectivity index (χ3v) is 7.69. The Morgan fingerprint density at radius 3 is 2.82 bits per heavy atom. The lowest BCUT2D eigenvalue weighted by Gasteiger charge is -2.36. The fourth-order valence-electron chi connectivity index (χ4n) is 3.78. The molecule has 1 aliphatic rings. The van der Waals surface area contributed by atoms with Crippen molar-refractivity contribution in [3.05, 3.63) is 41.6 Å². The van der Waals surface area contributed by atoms with Crippen molar-refractivity contribution in [1.29, 1.82) is 5.26 Å². The minimum atomic E-state index is -0.894. The Bertz CT molecular complexity index is 983. The van der Waals surface area contributed by atoms with E-state index in [4.69, 9.17) is 9.84 Å². The van der Waals surface area contributed by atoms with Gasteiger partial charge in [-0.05, 0) is 43.2 Å². The zero-order valence-corrected chi connectivity index (χ0v) is 20.2. The van der Waals surface area contributed by atoms with Crippen molar-refractivity contribution in [2.24, 2.45) is 5.92 Å². The zero-order valence-electron chi connectivity index (χ0n) is 18.5. The molecule has 0 bridgehead atoms. The summed E-state index contributed by atoms with van der Waals surface area (Å²) in [5.74, 6) is -0.277. The summed E-state index contributed by atoms with van der Waals surface area (Å²) in [5, 5.41) is 21.4. The fraction of sp³-hybridized carbons (Fsp3) is 0.478. The maximum atomic E-state index is 13.1. The van der Waals surface area contributed by atoms with E-state index in [1.165, 1.54) is 23.1 Å². The number of carbonyl (C=O) groups excluding carboxylic acids is 1. The number of aliphatic carboxylic acids is 1. The number of amides is 2. The van der Waals surface area contributed by atoms with Crippen molar-refractivity contribution in [3.8, 4) is 6.07 Å². The zero-order chi connectivity index (χ0) is 23.6. The van der Waals surface area contributed by atoms with Crippen LogP contribution in [-0.2, 0) is 16.1 Å². The number of nitrogens with zero attached hydrogens (tertiary/aromatic N) is 3. The van der Waals surface area contributed by atoms with E-state index in [2.05, 4.69) is 23.3 Å². The summed E-state index contributed by atoms with van der Waals surface area (Å²) in [4.78, 5) is 29.9. The summed E-state index contributed by atoms with van der Waals surface area (Å²) in [6.45, 7) is 3.35. The molecule has 8 nitrogen and oxygen atoms in total. The number of benzene rings is 1. The number of ether oxygens (including phenoxy) is 1. The lowest BCUT2D eigenvalue weighted by atomic mass is 9.86. The van der Waals surface area contributed by atoms with Crippen LogP contribution >= 0.6 is 23.1 Å². The van der Waals surface area contributed by atoms with Crippen LogP contribution in [0.25, 0.3) is 0 Å². The first-order valence-electron chi connectivity index (χ1n) is 10.9. The molecule has 3 rings (SSSR count). The lowest BCUT2D eigenvalue weighted by molar-refractivity contribution is -0.133. The highest BCUT2D eigenvalue weighted by Gasteiger charge is 2.28. The molecule has 33 heavy (non-hydrogen) atoms. The number of aromatic nitrogens is 1. The molecule has 0 atom stereocenters. The molecule has 0 unspecified atom stereocenters. The first-order chi connectivity index (χ1) is 16.0. The van der Waals surface area contributed by atoms with Crippen LogP contribution in [0.3, 0.4) is 0 Å². The van der Waals surface area contributed by atoms with Gasteiger partial charge in [-0.1, -0.05) is 36.5 Å². The molecule has 0 radical (unpaired) electrons. The normalized spacial score (nSPS) is 17.8. The molecule has 1 aliphatic carbocycles. The average molecular weight is 489 g/mol. The van der Waals surface area contributed by atoms with Crippen molar-refractivity contribution in [1.82, 2.24) is 9.88 Å². The van der Waals surface area contributed by atoms with E-state index in [0.29, 0.717) is 36.4 Å². The van der Waals surface area contributed by atoms with Gasteiger partial charge in [-0.15, -0.1) is 11.8 Å². The van der Waals surface area contributed by atoms with Gasteiger partial charge in [-0.2, -0.15) is 5.26 Å². The Balaban J connectivity index is 1.58. The molecule has 2 aromatic rings. The van der Waals surface area contributed by atoms with Crippen LogP contribution in [-0.4, -0.2) is 51.9 Å². The van der Waals surface area contributed by atoms with Crippen LogP contribution in [0.2, 0.25) is 0 Å². The Hall–Kier alpha value is -2.61. The summed E-state index contributed by atoms with van der Waals surface area (Å²) in [5.41, 5.74) is 1.42. The number of thioether (sulfide) groups is 1. The van der Waals surface area contributed by atoms with Crippen LogP contribution in [0.5, 0.6) is 0 Å². The van der Waals surface area contributed by atoms with Crippen LogP contribution in [0, 0.1) is 17.2 Å². The van der Waals surface area contributed by atoms with Crippen molar-refractivity contribution in [3.63, 3.8) is 0 Å². The first-order valence-corrected chi connectivity index (χ1v) is 12.7. The lowest BCUT2D eigenvalue weighted by Crippen LogP contribution is -2.46. The highest BCUT2D eigenvalue weighted by Crippen LogP contribution is 2.30. The Kier molecular flexibility index (Phi) is 9.54. The number of carbonyl (C=O) groups is 2. The Labute approximate surface area is 202 Å². The number of hydrogen-bond acceptors (Lipinski definition) is 7. The smallest absolute Gasteiger partial charge is 0.323 e. The summed E-state index contributed by atoms with van der Waals surface area (Å²) >= 11 is 2.44. The van der Waals surface area contributed by atoms with Gasteiger partial charge >= 0.3 is 12.0 Å². The average Bonchev–Trinajstić information content (AvgIpc) is 3.26. The number of anilines is 1. The predicted molar refractivity (Wildman–Crippen MR) is 128 cm³/mol. The minimum absolute atomic E-state index is 0.0474. The predicted octanol–water partition coefficient (Wildman–Crippen LogP) is 4.82. The quantitative estimate of drug-likeness (QED) is 0.364. The number of nitriles is 1. The first kappa shape index (κ1) is 25.0. The maximum absolute atomic E-state index is 13.1. The Morgan fingerprint density at radius 1 is 1.33 bits per heavy atom. The molecule has 0 aliphatic heterocycles. The second-order valence-electron chi connectivity index (χ2n) is 8.03. The standard InChI is InChI=1S/C23H28N4O4S2/c1-16-6-8-19(9-7-16)27(10-11-31-14-18-5-3-2-4-17(18)12-24)23(30)26-22-25-13-21(33-22)32-15-20(28)29/h2-5,13,16,19H,6-11,14-15H2,1H3,(H,28,29)(H,25,26,30)/t16-,19-. The third-order valence-electron chi connectivity index (χ3n) is 5.60. The largest absolute Gasteiger partial charge is 0.481 e. The number of hydrogen-bond donors (Lipinski definition) is 2. The topological polar surface area (TPSA) is 116 Å². The molecule has 1 aromatic carbocycles. The molecule has 0 spiro atoms. The minimum Gasteiger partial charge on any atom is -0.481 e. The van der Waals surface area contributed by atoms with Crippen molar-refractivity contribution in [2.75, 3.05) is 24.2 Å². The third kappa shape index (κ3) is 7.74. The van der Waals surface area contributed by atoms with Gasteiger partial charge in [0.15, 0.2) is 5.13 Å². The number of thiazole rings is 1. The number of urea groups is 1. The summed E-state index contributed by atoms with van der Waals surface area (Å²) in [6.07, 6.45) is 5.64. The summed E-state index contributed by atoms with van der Waals surface area (Å²) in [6, 6.07) is 9.41. The van der Waals surface area contributed by atoms with Crippen molar-refractivity contribution in [2.45, 2.75) is 49.5 Å². The second-order valence-corrected chi connectivity index (χ2v) is 10.3. The van der Waals surface area contributed by atoms with E-state index in [1.54, 1.807) is 12.3 Å². The molecule has 1 saturated carbocycles. The number of carboxylic acids is 1. The molecule has 1 heterocycles. The van der Waals surface area contributed by atoms with E-state index in [-0.39, 0.29) is 17.8 Å². The van der Waals surface area contributed by atoms with Crippen LogP contribution in [0.1, 0.15) is 43.7 Å². The molecule has 176 valence electrons. The van der Waals surface area contributed by atoms with Gasteiger partial charge in [-0.25, -0.2) is 9.78 Å². The van der Waals surface area contributed by atoms with E-state index in [9.17, 15) is 14.9 Å². The number of carboxylic acid groups (broad SMARTS) is 1. The molecule has 0 saturated heterocycles. The number of nitrogens with one attached hydrogen (secondary N) is 1. The van der Waals surface area contributed by atoms with Gasteiger partial charge < -0.3 is 14.7 Å². The van der Waals surface area contributed by atoms with E-state index in [1.807, 2.05) is 23.1 Å². The van der Waals surface area contributed by atoms with Gasteiger partial charge in [0, 0.05) is 12.6 Å². The van der Waals surface area contributed by atoms with Gasteiger partial charge in [0.1, 0.15) is 0 Å². The SMILES string of the molecule is C[C@H]1CC[C@H](N(CCOCc2ccccc2C#N)C(=O)Nc2ncc(SCC(=O)O)s2)CC1. The molecule has 2 N–H and O–H groups in total. The molecule has 1 aromatic heterocycles. The second kappa shape index (κ2) is 12.6.